The summed E-state index contributed by atoms with van der Waals surface area (Å²) in [5, 5.41) is 5.67. The van der Waals surface area contributed by atoms with Crippen molar-refractivity contribution in [1.82, 2.24) is 10.3 Å². The zero-order chi connectivity index (χ0) is 15.8. The van der Waals surface area contributed by atoms with Crippen molar-refractivity contribution in [1.29, 1.82) is 0 Å². The molecule has 2 aromatic rings. The summed E-state index contributed by atoms with van der Waals surface area (Å²) in [6.45, 7) is 3.81. The first-order valence-electron chi connectivity index (χ1n) is 7.37. The van der Waals surface area contributed by atoms with Crippen LogP contribution >= 0.6 is 11.3 Å². The molecular formula is C16H21N3O2S. The molecule has 6 heteroatoms. The Kier molecular flexibility index (Phi) is 6.36. The summed E-state index contributed by atoms with van der Waals surface area (Å²) >= 11 is 1.54. The summed E-state index contributed by atoms with van der Waals surface area (Å²) in [6, 6.07) is 7.82. The number of rotatable bonds is 8. The zero-order valence-electron chi connectivity index (χ0n) is 12.7. The molecule has 0 unspecified atom stereocenters. The van der Waals surface area contributed by atoms with Crippen molar-refractivity contribution >= 4 is 17.2 Å². The molecule has 0 atom stereocenters. The van der Waals surface area contributed by atoms with Crippen LogP contribution in [0.2, 0.25) is 0 Å². The Morgan fingerprint density at radius 2 is 2.14 bits per heavy atom. The lowest BCUT2D eigenvalue weighted by Crippen LogP contribution is -2.27. The number of thiazole rings is 1. The standard InChI is InChI=1S/C16H21N3O2S/c1-2-21-14-6-4-12(5-7-14)16-19-13(11-22-16)10-15(20)18-9-3-8-17/h4-7,11H,2-3,8-10,17H2,1H3,(H,18,20). The Morgan fingerprint density at radius 3 is 2.82 bits per heavy atom. The van der Waals surface area contributed by atoms with Crippen molar-refractivity contribution in [2.75, 3.05) is 19.7 Å². The average molecular weight is 319 g/mol. The van der Waals surface area contributed by atoms with Crippen LogP contribution < -0.4 is 15.8 Å². The molecule has 1 amide bonds. The molecule has 0 aliphatic heterocycles. The van der Waals surface area contributed by atoms with Gasteiger partial charge in [-0.15, -0.1) is 11.3 Å². The fraction of sp³-hybridized carbons (Fsp3) is 0.375. The van der Waals surface area contributed by atoms with Gasteiger partial charge in [-0.3, -0.25) is 4.79 Å². The number of aromatic nitrogens is 1. The summed E-state index contributed by atoms with van der Waals surface area (Å²) in [6.07, 6.45) is 1.10. The van der Waals surface area contributed by atoms with Crippen LogP contribution in [0.25, 0.3) is 10.6 Å². The molecule has 0 aliphatic carbocycles. The normalized spacial score (nSPS) is 10.5. The summed E-state index contributed by atoms with van der Waals surface area (Å²) in [7, 11) is 0. The second kappa shape index (κ2) is 8.51. The quantitative estimate of drug-likeness (QED) is 0.731. The van der Waals surface area contributed by atoms with Crippen molar-refractivity contribution in [3.8, 4) is 16.3 Å². The van der Waals surface area contributed by atoms with Gasteiger partial charge in [0.15, 0.2) is 0 Å². The van der Waals surface area contributed by atoms with E-state index < -0.39 is 0 Å². The minimum Gasteiger partial charge on any atom is -0.494 e. The molecule has 0 bridgehead atoms. The van der Waals surface area contributed by atoms with Crippen LogP contribution in [0.15, 0.2) is 29.6 Å². The number of carbonyl (C=O) groups is 1. The molecule has 22 heavy (non-hydrogen) atoms. The van der Waals surface area contributed by atoms with Crippen molar-refractivity contribution in [3.05, 3.63) is 35.3 Å². The maximum atomic E-state index is 11.7. The first kappa shape index (κ1) is 16.5. The van der Waals surface area contributed by atoms with Gasteiger partial charge in [0.2, 0.25) is 5.91 Å². The number of nitrogens with two attached hydrogens (primary N) is 1. The maximum absolute atomic E-state index is 11.7. The molecule has 1 heterocycles. The van der Waals surface area contributed by atoms with Crippen LogP contribution in [0.5, 0.6) is 5.75 Å². The number of hydrogen-bond donors (Lipinski definition) is 2. The first-order chi connectivity index (χ1) is 10.7. The molecule has 1 aromatic heterocycles. The number of nitrogens with zero attached hydrogens (tertiary/aromatic N) is 1. The highest BCUT2D eigenvalue weighted by Gasteiger charge is 2.09. The topological polar surface area (TPSA) is 77.2 Å². The Balaban J connectivity index is 1.94. The molecular weight excluding hydrogens is 298 g/mol. The smallest absolute Gasteiger partial charge is 0.226 e. The molecule has 118 valence electrons. The lowest BCUT2D eigenvalue weighted by atomic mass is 10.2. The molecule has 3 N–H and O–H groups in total. The van der Waals surface area contributed by atoms with Crippen molar-refractivity contribution in [2.45, 2.75) is 19.8 Å². The molecule has 0 fully saturated rings. The Hall–Kier alpha value is -1.92. The second-order valence-electron chi connectivity index (χ2n) is 4.77. The highest BCUT2D eigenvalue weighted by Crippen LogP contribution is 2.25. The van der Waals surface area contributed by atoms with Gasteiger partial charge in [0, 0.05) is 17.5 Å². The van der Waals surface area contributed by atoms with Gasteiger partial charge in [0.05, 0.1) is 18.7 Å². The lowest BCUT2D eigenvalue weighted by Gasteiger charge is -2.03. The number of benzene rings is 1. The number of carbonyl (C=O) groups excluding carboxylic acids is 1. The summed E-state index contributed by atoms with van der Waals surface area (Å²) < 4.78 is 5.42. The van der Waals surface area contributed by atoms with Gasteiger partial charge >= 0.3 is 0 Å². The van der Waals surface area contributed by atoms with E-state index in [0.717, 1.165) is 28.4 Å². The van der Waals surface area contributed by atoms with Crippen LogP contribution in [0.4, 0.5) is 0 Å². The average Bonchev–Trinajstić information content (AvgIpc) is 2.97. The number of nitrogens with one attached hydrogen (secondary N) is 1. The van der Waals surface area contributed by atoms with Gasteiger partial charge in [0.1, 0.15) is 10.8 Å². The lowest BCUT2D eigenvalue weighted by molar-refractivity contribution is -0.120. The van der Waals surface area contributed by atoms with Crippen LogP contribution in [0, 0.1) is 0 Å². The largest absolute Gasteiger partial charge is 0.494 e. The Morgan fingerprint density at radius 1 is 1.36 bits per heavy atom. The van der Waals surface area contributed by atoms with Crippen molar-refractivity contribution < 1.29 is 9.53 Å². The van der Waals surface area contributed by atoms with Gasteiger partial charge in [-0.2, -0.15) is 0 Å². The maximum Gasteiger partial charge on any atom is 0.226 e. The zero-order valence-corrected chi connectivity index (χ0v) is 13.5. The summed E-state index contributed by atoms with van der Waals surface area (Å²) in [5.74, 6) is 0.833. The van der Waals surface area contributed by atoms with Gasteiger partial charge in [-0.05, 0) is 44.2 Å². The molecule has 1 aromatic carbocycles. The van der Waals surface area contributed by atoms with E-state index in [-0.39, 0.29) is 5.91 Å². The van der Waals surface area contributed by atoms with E-state index in [1.807, 2.05) is 36.6 Å². The van der Waals surface area contributed by atoms with E-state index >= 15 is 0 Å². The third-order valence-electron chi connectivity index (χ3n) is 3.01. The Labute approximate surface area is 134 Å². The minimum atomic E-state index is -0.0167. The molecule has 0 saturated carbocycles. The molecule has 0 aliphatic rings. The van der Waals surface area contributed by atoms with Crippen molar-refractivity contribution in [2.24, 2.45) is 5.73 Å². The van der Waals surface area contributed by atoms with E-state index in [1.165, 1.54) is 0 Å². The Bertz CT molecular complexity index is 596. The number of ether oxygens (including phenoxy) is 1. The van der Waals surface area contributed by atoms with Gasteiger partial charge in [-0.1, -0.05) is 0 Å². The molecule has 0 spiro atoms. The molecule has 2 rings (SSSR count). The third kappa shape index (κ3) is 4.82. The van der Waals surface area contributed by atoms with E-state index in [1.54, 1.807) is 11.3 Å². The van der Waals surface area contributed by atoms with Crippen molar-refractivity contribution in [3.63, 3.8) is 0 Å². The van der Waals surface area contributed by atoms with E-state index in [0.29, 0.717) is 26.1 Å². The fourth-order valence-electron chi connectivity index (χ4n) is 1.94. The highest BCUT2D eigenvalue weighted by atomic mass is 32.1. The minimum absolute atomic E-state index is 0.0167. The van der Waals surface area contributed by atoms with E-state index in [2.05, 4.69) is 10.3 Å². The highest BCUT2D eigenvalue weighted by molar-refractivity contribution is 7.13. The third-order valence-corrected chi connectivity index (χ3v) is 3.95. The number of amides is 1. The van der Waals surface area contributed by atoms with Crippen LogP contribution in [-0.2, 0) is 11.2 Å². The SMILES string of the molecule is CCOc1ccc(-c2nc(CC(=O)NCCCN)cs2)cc1. The predicted octanol–water partition coefficient (Wildman–Crippen LogP) is 2.22. The first-order valence-corrected chi connectivity index (χ1v) is 8.25. The van der Waals surface area contributed by atoms with Gasteiger partial charge in [0.25, 0.3) is 0 Å². The molecule has 0 radical (unpaired) electrons. The molecule has 5 nitrogen and oxygen atoms in total. The van der Waals surface area contributed by atoms with Crippen LogP contribution in [0.3, 0.4) is 0 Å². The summed E-state index contributed by atoms with van der Waals surface area (Å²) in [4.78, 5) is 16.3. The van der Waals surface area contributed by atoms with E-state index in [4.69, 9.17) is 10.5 Å². The van der Waals surface area contributed by atoms with Crippen LogP contribution in [0.1, 0.15) is 19.0 Å². The monoisotopic (exact) mass is 319 g/mol. The van der Waals surface area contributed by atoms with Gasteiger partial charge < -0.3 is 15.8 Å². The predicted molar refractivity (Wildman–Crippen MR) is 89.1 cm³/mol. The fourth-order valence-corrected chi connectivity index (χ4v) is 2.76. The van der Waals surface area contributed by atoms with Gasteiger partial charge in [-0.25, -0.2) is 4.98 Å². The summed E-state index contributed by atoms with van der Waals surface area (Å²) in [5.41, 5.74) is 7.22. The molecule has 0 saturated heterocycles. The second-order valence-corrected chi connectivity index (χ2v) is 5.63. The number of hydrogen-bond acceptors (Lipinski definition) is 5. The van der Waals surface area contributed by atoms with Crippen LogP contribution in [-0.4, -0.2) is 30.6 Å². The van der Waals surface area contributed by atoms with E-state index in [9.17, 15) is 4.79 Å².